The van der Waals surface area contributed by atoms with Gasteiger partial charge in [-0.25, -0.2) is 9.78 Å². The van der Waals surface area contributed by atoms with Crippen LogP contribution >= 0.6 is 23.3 Å². The Labute approximate surface area is 98.8 Å². The maximum atomic E-state index is 10.5. The number of carboxylic acids is 1. The van der Waals surface area contributed by atoms with Gasteiger partial charge in [0.25, 0.3) is 0 Å². The molecule has 16 heavy (non-hydrogen) atoms. The Morgan fingerprint density at radius 3 is 3.06 bits per heavy atom. The van der Waals surface area contributed by atoms with Crippen molar-refractivity contribution in [3.8, 4) is 0 Å². The predicted octanol–water partition coefficient (Wildman–Crippen LogP) is 1.83. The molecule has 1 N–H and O–H groups in total. The second kappa shape index (κ2) is 4.62. The summed E-state index contributed by atoms with van der Waals surface area (Å²) in [5.41, 5.74) is -0.0796. The summed E-state index contributed by atoms with van der Waals surface area (Å²) in [6, 6.07) is 1.41. The smallest absolute Gasteiger partial charge is 0.358 e. The Balaban J connectivity index is 1.97. The second-order valence-corrected chi connectivity index (χ2v) is 4.85. The van der Waals surface area contributed by atoms with Crippen LogP contribution in [0.2, 0.25) is 0 Å². The minimum Gasteiger partial charge on any atom is -0.476 e. The first kappa shape index (κ1) is 11.1. The van der Waals surface area contributed by atoms with E-state index in [2.05, 4.69) is 14.5 Å². The number of aromatic nitrogens is 3. The molecule has 2 rings (SSSR count). The standard InChI is InChI=1S/C8H7N3O3S2/c1-4-9-8(16-11-4)15-3-5-2-6(7(12)13)10-14-5/h2H,3H2,1H3,(H,12,13). The number of hydrogen-bond acceptors (Lipinski definition) is 7. The molecule has 6 nitrogen and oxygen atoms in total. The van der Waals surface area contributed by atoms with Crippen LogP contribution in [0.3, 0.4) is 0 Å². The second-order valence-electron chi connectivity index (χ2n) is 2.88. The topological polar surface area (TPSA) is 89.1 Å². The Kier molecular flexibility index (Phi) is 3.20. The van der Waals surface area contributed by atoms with E-state index in [1.54, 1.807) is 0 Å². The van der Waals surface area contributed by atoms with Gasteiger partial charge >= 0.3 is 5.97 Å². The van der Waals surface area contributed by atoms with Crippen molar-refractivity contribution >= 4 is 29.3 Å². The third kappa shape index (κ3) is 2.58. The van der Waals surface area contributed by atoms with Gasteiger partial charge in [0, 0.05) is 6.07 Å². The normalized spacial score (nSPS) is 10.6. The fourth-order valence-electron chi connectivity index (χ4n) is 0.951. The summed E-state index contributed by atoms with van der Waals surface area (Å²) in [5.74, 6) is 0.646. The highest BCUT2D eigenvalue weighted by molar-refractivity contribution is 8.00. The van der Waals surface area contributed by atoms with Crippen LogP contribution in [0, 0.1) is 6.92 Å². The Morgan fingerprint density at radius 1 is 1.69 bits per heavy atom. The molecule has 0 bridgehead atoms. The molecule has 0 aromatic carbocycles. The van der Waals surface area contributed by atoms with Crippen LogP contribution in [-0.2, 0) is 5.75 Å². The molecule has 0 atom stereocenters. The van der Waals surface area contributed by atoms with E-state index in [1.165, 1.54) is 29.4 Å². The molecule has 2 heterocycles. The highest BCUT2D eigenvalue weighted by atomic mass is 32.2. The zero-order valence-electron chi connectivity index (χ0n) is 8.21. The van der Waals surface area contributed by atoms with Gasteiger partial charge in [-0.1, -0.05) is 16.9 Å². The lowest BCUT2D eigenvalue weighted by atomic mass is 10.4. The van der Waals surface area contributed by atoms with Crippen LogP contribution in [0.15, 0.2) is 14.9 Å². The molecule has 84 valence electrons. The highest BCUT2D eigenvalue weighted by Gasteiger charge is 2.11. The van der Waals surface area contributed by atoms with Crippen LogP contribution in [0.1, 0.15) is 22.1 Å². The van der Waals surface area contributed by atoms with E-state index in [0.29, 0.717) is 11.5 Å². The monoisotopic (exact) mass is 257 g/mol. The van der Waals surface area contributed by atoms with Gasteiger partial charge in [0.2, 0.25) is 0 Å². The summed E-state index contributed by atoms with van der Waals surface area (Å²) < 4.78 is 9.72. The van der Waals surface area contributed by atoms with Crippen molar-refractivity contribution in [1.82, 2.24) is 14.5 Å². The average Bonchev–Trinajstić information content (AvgIpc) is 2.83. The Morgan fingerprint density at radius 2 is 2.50 bits per heavy atom. The number of nitrogens with zero attached hydrogens (tertiary/aromatic N) is 3. The third-order valence-corrected chi connectivity index (χ3v) is 3.57. The van der Waals surface area contributed by atoms with Crippen molar-refractivity contribution in [3.05, 3.63) is 23.3 Å². The number of hydrogen-bond donors (Lipinski definition) is 1. The Hall–Kier alpha value is -1.41. The summed E-state index contributed by atoms with van der Waals surface area (Å²) >= 11 is 2.74. The van der Waals surface area contributed by atoms with Crippen molar-refractivity contribution in [2.24, 2.45) is 0 Å². The van der Waals surface area contributed by atoms with Crippen LogP contribution in [0.5, 0.6) is 0 Å². The molecule has 0 unspecified atom stereocenters. The van der Waals surface area contributed by atoms with Gasteiger partial charge in [0.1, 0.15) is 11.6 Å². The van der Waals surface area contributed by atoms with Gasteiger partial charge in [0.15, 0.2) is 10.0 Å². The van der Waals surface area contributed by atoms with Crippen LogP contribution in [0.4, 0.5) is 0 Å². The molecule has 0 aliphatic carbocycles. The van der Waals surface area contributed by atoms with Gasteiger partial charge < -0.3 is 9.63 Å². The fraction of sp³-hybridized carbons (Fsp3) is 0.250. The number of rotatable bonds is 4. The molecule has 0 aliphatic heterocycles. The lowest BCUT2D eigenvalue weighted by Gasteiger charge is -1.89. The molecule has 0 spiro atoms. The molecule has 0 fully saturated rings. The number of carbonyl (C=O) groups is 1. The van der Waals surface area contributed by atoms with E-state index in [4.69, 9.17) is 9.63 Å². The van der Waals surface area contributed by atoms with Gasteiger partial charge in [0.05, 0.1) is 5.75 Å². The Bertz CT molecular complexity index is 508. The summed E-state index contributed by atoms with van der Waals surface area (Å²) in [6.45, 7) is 1.82. The lowest BCUT2D eigenvalue weighted by molar-refractivity contribution is 0.0685. The van der Waals surface area contributed by atoms with E-state index >= 15 is 0 Å². The molecule has 0 radical (unpaired) electrons. The summed E-state index contributed by atoms with van der Waals surface area (Å²) in [7, 11) is 0. The quantitative estimate of drug-likeness (QED) is 0.835. The third-order valence-electron chi connectivity index (χ3n) is 1.62. The lowest BCUT2D eigenvalue weighted by Crippen LogP contribution is -1.94. The molecule has 8 heteroatoms. The molecular weight excluding hydrogens is 250 g/mol. The summed E-state index contributed by atoms with van der Waals surface area (Å²) in [5, 5.41) is 12.0. The maximum Gasteiger partial charge on any atom is 0.358 e. The van der Waals surface area contributed by atoms with Gasteiger partial charge in [-0.15, -0.1) is 0 Å². The summed E-state index contributed by atoms with van der Waals surface area (Å²) in [4.78, 5) is 14.7. The van der Waals surface area contributed by atoms with Gasteiger partial charge in [-0.05, 0) is 18.5 Å². The molecule has 0 saturated heterocycles. The zero-order chi connectivity index (χ0) is 11.5. The van der Waals surface area contributed by atoms with Gasteiger partial charge in [-0.2, -0.15) is 4.37 Å². The summed E-state index contributed by atoms with van der Waals surface area (Å²) in [6.07, 6.45) is 0. The number of aromatic carboxylic acids is 1. The SMILES string of the molecule is Cc1nsc(SCc2cc(C(=O)O)no2)n1. The van der Waals surface area contributed by atoms with E-state index in [0.717, 1.165) is 10.2 Å². The number of carboxylic acid groups (broad SMARTS) is 1. The number of aryl methyl sites for hydroxylation is 1. The first-order valence-electron chi connectivity index (χ1n) is 4.27. The van der Waals surface area contributed by atoms with E-state index in [1.807, 2.05) is 6.92 Å². The van der Waals surface area contributed by atoms with Crippen molar-refractivity contribution < 1.29 is 14.4 Å². The minimum atomic E-state index is -1.09. The molecule has 0 aliphatic rings. The van der Waals surface area contributed by atoms with Crippen LogP contribution < -0.4 is 0 Å². The van der Waals surface area contributed by atoms with E-state index < -0.39 is 5.97 Å². The highest BCUT2D eigenvalue weighted by Crippen LogP contribution is 2.24. The van der Waals surface area contributed by atoms with Crippen molar-refractivity contribution in [2.75, 3.05) is 0 Å². The molecule has 0 amide bonds. The van der Waals surface area contributed by atoms with Crippen molar-refractivity contribution in [1.29, 1.82) is 0 Å². The van der Waals surface area contributed by atoms with Crippen molar-refractivity contribution in [3.63, 3.8) is 0 Å². The first-order chi connectivity index (χ1) is 7.65. The maximum absolute atomic E-state index is 10.5. The fourth-order valence-corrected chi connectivity index (χ4v) is 2.47. The van der Waals surface area contributed by atoms with Crippen LogP contribution in [-0.4, -0.2) is 25.6 Å². The minimum absolute atomic E-state index is 0.0796. The average molecular weight is 257 g/mol. The predicted molar refractivity (Wildman–Crippen MR) is 57.7 cm³/mol. The van der Waals surface area contributed by atoms with Gasteiger partial charge in [-0.3, -0.25) is 0 Å². The van der Waals surface area contributed by atoms with Crippen LogP contribution in [0.25, 0.3) is 0 Å². The molecule has 0 saturated carbocycles. The van der Waals surface area contributed by atoms with Crippen molar-refractivity contribution in [2.45, 2.75) is 17.0 Å². The molecular formula is C8H7N3O3S2. The molecule has 2 aromatic heterocycles. The van der Waals surface area contributed by atoms with E-state index in [9.17, 15) is 4.79 Å². The largest absolute Gasteiger partial charge is 0.476 e. The number of thioether (sulfide) groups is 1. The zero-order valence-corrected chi connectivity index (χ0v) is 9.84. The molecule has 2 aromatic rings. The van der Waals surface area contributed by atoms with E-state index in [-0.39, 0.29) is 5.69 Å². The first-order valence-corrected chi connectivity index (χ1v) is 6.03.